The van der Waals surface area contributed by atoms with Crippen molar-refractivity contribution in [2.24, 2.45) is 0 Å². The molecule has 2 aromatic rings. The minimum absolute atomic E-state index is 0.122. The van der Waals surface area contributed by atoms with Crippen LogP contribution in [-0.2, 0) is 6.42 Å². The first kappa shape index (κ1) is 11.4. The van der Waals surface area contributed by atoms with Crippen molar-refractivity contribution >= 4 is 28.7 Å². The molecule has 0 saturated carbocycles. The highest BCUT2D eigenvalue weighted by atomic mass is 32.1. The number of nitrogens with zero attached hydrogens (tertiary/aromatic N) is 2. The molecule has 0 aliphatic carbocycles. The topological polar surface area (TPSA) is 42.9 Å². The number of Topliss-reactive ketones (excluding diaryl/α,β-unsaturated/α-hetero) is 1. The molecule has 0 atom stereocenters. The van der Waals surface area contributed by atoms with Crippen molar-refractivity contribution in [3.8, 4) is 0 Å². The van der Waals surface area contributed by atoms with Crippen LogP contribution >= 0.6 is 22.9 Å². The zero-order chi connectivity index (χ0) is 11.5. The second kappa shape index (κ2) is 4.84. The lowest BCUT2D eigenvalue weighted by atomic mass is 10.1. The van der Waals surface area contributed by atoms with Crippen LogP contribution in [0.4, 0.5) is 0 Å². The molecule has 0 bridgehead atoms. The normalized spacial score (nSPS) is 10.9. The Labute approximate surface area is 102 Å². The number of thiophene rings is 1. The van der Waals surface area contributed by atoms with Crippen molar-refractivity contribution in [2.45, 2.75) is 26.2 Å². The predicted octanol–water partition coefficient (Wildman–Crippen LogP) is 3.15. The average molecular weight is 252 g/mol. The van der Waals surface area contributed by atoms with Gasteiger partial charge in [-0.3, -0.25) is 4.79 Å². The van der Waals surface area contributed by atoms with E-state index in [-0.39, 0.29) is 11.7 Å². The van der Waals surface area contributed by atoms with Crippen LogP contribution in [0.1, 0.15) is 40.7 Å². The number of aromatic nitrogens is 2. The van der Waals surface area contributed by atoms with E-state index in [0.717, 1.165) is 11.3 Å². The van der Waals surface area contributed by atoms with E-state index in [1.54, 1.807) is 11.3 Å². The summed E-state index contributed by atoms with van der Waals surface area (Å²) in [6.07, 6.45) is 0.451. The predicted molar refractivity (Wildman–Crippen MR) is 66.4 cm³/mol. The summed E-state index contributed by atoms with van der Waals surface area (Å²) in [5, 5.41) is 8.00. The summed E-state index contributed by atoms with van der Waals surface area (Å²) in [7, 11) is 0. The molecule has 0 spiro atoms. The maximum atomic E-state index is 12.0. The van der Waals surface area contributed by atoms with Crippen molar-refractivity contribution in [3.63, 3.8) is 0 Å². The summed E-state index contributed by atoms with van der Waals surface area (Å²) in [6.45, 7) is 4.05. The van der Waals surface area contributed by atoms with Gasteiger partial charge in [-0.25, -0.2) is 0 Å². The molecule has 0 unspecified atom stereocenters. The molecular formula is C11H12N2OS2. The lowest BCUT2D eigenvalue weighted by Gasteiger charge is -2.02. The number of ketones is 1. The van der Waals surface area contributed by atoms with Crippen molar-refractivity contribution < 1.29 is 4.79 Å². The first-order chi connectivity index (χ1) is 7.68. The quantitative estimate of drug-likeness (QED) is 0.785. The lowest BCUT2D eigenvalue weighted by molar-refractivity contribution is 0.0995. The summed E-state index contributed by atoms with van der Waals surface area (Å²) in [4.78, 5) is 12.7. The first-order valence-electron chi connectivity index (χ1n) is 5.05. The summed E-state index contributed by atoms with van der Waals surface area (Å²) in [6, 6.07) is 1.98. The first-order valence-corrected chi connectivity index (χ1v) is 6.76. The Morgan fingerprint density at radius 1 is 1.50 bits per heavy atom. The molecule has 5 heteroatoms. The smallest absolute Gasteiger partial charge is 0.180 e. The molecule has 16 heavy (non-hydrogen) atoms. The van der Waals surface area contributed by atoms with Gasteiger partial charge >= 0.3 is 0 Å². The fraction of sp³-hybridized carbons (Fsp3) is 0.364. The Bertz CT molecular complexity index is 474. The highest BCUT2D eigenvalue weighted by Gasteiger charge is 2.18. The Morgan fingerprint density at radius 2 is 2.31 bits per heavy atom. The van der Waals surface area contributed by atoms with Gasteiger partial charge in [0.1, 0.15) is 4.88 Å². The summed E-state index contributed by atoms with van der Waals surface area (Å²) in [5.74, 6) is 0.372. The molecule has 0 N–H and O–H groups in total. The fourth-order valence-electron chi connectivity index (χ4n) is 1.43. The van der Waals surface area contributed by atoms with E-state index < -0.39 is 0 Å². The Morgan fingerprint density at radius 3 is 2.94 bits per heavy atom. The Kier molecular flexibility index (Phi) is 3.46. The van der Waals surface area contributed by atoms with Crippen LogP contribution in [0.2, 0.25) is 0 Å². The zero-order valence-corrected chi connectivity index (χ0v) is 10.8. The summed E-state index contributed by atoms with van der Waals surface area (Å²) >= 11 is 2.81. The van der Waals surface area contributed by atoms with Gasteiger partial charge in [0.05, 0.1) is 5.69 Å². The molecular weight excluding hydrogens is 240 g/mol. The van der Waals surface area contributed by atoms with Gasteiger partial charge < -0.3 is 0 Å². The number of rotatable bonds is 4. The van der Waals surface area contributed by atoms with Crippen LogP contribution in [0.5, 0.6) is 0 Å². The van der Waals surface area contributed by atoms with E-state index >= 15 is 0 Å². The monoisotopic (exact) mass is 252 g/mol. The summed E-state index contributed by atoms with van der Waals surface area (Å²) < 4.78 is 3.87. The van der Waals surface area contributed by atoms with Gasteiger partial charge in [-0.15, -0.1) is 5.10 Å². The number of hydrogen-bond donors (Lipinski definition) is 0. The molecule has 2 rings (SSSR count). The molecule has 2 heterocycles. The highest BCUT2D eigenvalue weighted by Crippen LogP contribution is 2.21. The van der Waals surface area contributed by atoms with Gasteiger partial charge in [-0.1, -0.05) is 18.3 Å². The van der Waals surface area contributed by atoms with Crippen LogP contribution in [0.15, 0.2) is 16.8 Å². The largest absolute Gasteiger partial charge is 0.293 e. The highest BCUT2D eigenvalue weighted by molar-refractivity contribution is 7.08. The number of carbonyl (C=O) groups excluding carboxylic acids is 1. The maximum absolute atomic E-state index is 12.0. The van der Waals surface area contributed by atoms with E-state index in [1.807, 2.05) is 30.7 Å². The number of carbonyl (C=O) groups is 1. The van der Waals surface area contributed by atoms with Crippen molar-refractivity contribution in [3.05, 3.63) is 33.0 Å². The van der Waals surface area contributed by atoms with Gasteiger partial charge in [0, 0.05) is 6.42 Å². The lowest BCUT2D eigenvalue weighted by Crippen LogP contribution is -2.05. The van der Waals surface area contributed by atoms with Crippen LogP contribution in [0.25, 0.3) is 0 Å². The molecule has 3 nitrogen and oxygen atoms in total. The minimum Gasteiger partial charge on any atom is -0.293 e. The van der Waals surface area contributed by atoms with E-state index in [4.69, 9.17) is 0 Å². The summed E-state index contributed by atoms with van der Waals surface area (Å²) in [5.41, 5.74) is 1.89. The Hall–Kier alpha value is -1.07. The maximum Gasteiger partial charge on any atom is 0.180 e. The van der Waals surface area contributed by atoms with Gasteiger partial charge in [-0.2, -0.15) is 11.3 Å². The average Bonchev–Trinajstić information content (AvgIpc) is 2.86. The molecule has 84 valence electrons. The van der Waals surface area contributed by atoms with E-state index in [2.05, 4.69) is 9.59 Å². The third-order valence-electron chi connectivity index (χ3n) is 2.26. The second-order valence-electron chi connectivity index (χ2n) is 3.87. The standard InChI is InChI=1S/C11H12N2OS2/c1-7(2)10-11(16-13-12-10)9(14)5-8-3-4-15-6-8/h3-4,6-7H,5H2,1-2H3. The molecule has 0 aliphatic rings. The third kappa shape index (κ3) is 2.36. The van der Waals surface area contributed by atoms with Gasteiger partial charge in [0.25, 0.3) is 0 Å². The van der Waals surface area contributed by atoms with E-state index in [0.29, 0.717) is 11.3 Å². The van der Waals surface area contributed by atoms with Gasteiger partial charge in [-0.05, 0) is 39.8 Å². The number of hydrogen-bond acceptors (Lipinski definition) is 5. The Balaban J connectivity index is 2.18. The third-order valence-corrected chi connectivity index (χ3v) is 3.77. The van der Waals surface area contributed by atoms with Gasteiger partial charge in [0.15, 0.2) is 5.78 Å². The van der Waals surface area contributed by atoms with Crippen LogP contribution < -0.4 is 0 Å². The molecule has 0 amide bonds. The van der Waals surface area contributed by atoms with Crippen molar-refractivity contribution in [1.82, 2.24) is 9.59 Å². The molecule has 0 fully saturated rings. The second-order valence-corrected chi connectivity index (χ2v) is 5.41. The van der Waals surface area contributed by atoms with Crippen LogP contribution in [0, 0.1) is 0 Å². The molecule has 2 aromatic heterocycles. The molecule has 0 radical (unpaired) electrons. The van der Waals surface area contributed by atoms with Crippen molar-refractivity contribution in [1.29, 1.82) is 0 Å². The molecule has 0 saturated heterocycles. The minimum atomic E-state index is 0.122. The molecule has 0 aliphatic heterocycles. The SMILES string of the molecule is CC(C)c1nnsc1C(=O)Cc1ccsc1. The van der Waals surface area contributed by atoms with Crippen LogP contribution in [0.3, 0.4) is 0 Å². The van der Waals surface area contributed by atoms with Crippen LogP contribution in [-0.4, -0.2) is 15.4 Å². The fourth-order valence-corrected chi connectivity index (χ4v) is 2.85. The van der Waals surface area contributed by atoms with E-state index in [9.17, 15) is 4.79 Å². The van der Waals surface area contributed by atoms with Gasteiger partial charge in [0.2, 0.25) is 0 Å². The van der Waals surface area contributed by atoms with E-state index in [1.165, 1.54) is 11.5 Å². The van der Waals surface area contributed by atoms with Crippen molar-refractivity contribution in [2.75, 3.05) is 0 Å². The zero-order valence-electron chi connectivity index (χ0n) is 9.14. The molecule has 0 aromatic carbocycles.